The Morgan fingerprint density at radius 3 is 2.78 bits per heavy atom. The summed E-state index contributed by atoms with van der Waals surface area (Å²) in [7, 11) is 1.62. The van der Waals surface area contributed by atoms with Crippen LogP contribution in [0.5, 0.6) is 11.5 Å². The van der Waals surface area contributed by atoms with Crippen molar-refractivity contribution in [1.82, 2.24) is 4.90 Å². The fourth-order valence-corrected chi connectivity index (χ4v) is 2.88. The number of phenolic OH excluding ortho intramolecular Hbond substituents is 1. The van der Waals surface area contributed by atoms with E-state index in [1.165, 1.54) is 19.3 Å². The highest BCUT2D eigenvalue weighted by molar-refractivity contribution is 5.41. The average molecular weight is 249 g/mol. The summed E-state index contributed by atoms with van der Waals surface area (Å²) in [5, 5.41) is 10.1. The molecule has 2 unspecified atom stereocenters. The van der Waals surface area contributed by atoms with Gasteiger partial charge in [-0.05, 0) is 39.3 Å². The number of hydrogen-bond acceptors (Lipinski definition) is 3. The number of aromatic hydroxyl groups is 1. The van der Waals surface area contributed by atoms with E-state index in [4.69, 9.17) is 4.74 Å². The van der Waals surface area contributed by atoms with E-state index in [9.17, 15) is 5.11 Å². The van der Waals surface area contributed by atoms with Crippen LogP contribution in [0.1, 0.15) is 44.7 Å². The summed E-state index contributed by atoms with van der Waals surface area (Å²) < 4.78 is 5.12. The Bertz CT molecular complexity index is 405. The summed E-state index contributed by atoms with van der Waals surface area (Å²) >= 11 is 0. The van der Waals surface area contributed by atoms with Gasteiger partial charge in [-0.3, -0.25) is 4.90 Å². The third-order valence-electron chi connectivity index (χ3n) is 4.04. The lowest BCUT2D eigenvalue weighted by Gasteiger charge is -2.38. The number of likely N-dealkylation sites (tertiary alicyclic amines) is 1. The number of piperidine rings is 1. The van der Waals surface area contributed by atoms with Crippen molar-refractivity contribution in [1.29, 1.82) is 0 Å². The van der Waals surface area contributed by atoms with Gasteiger partial charge in [0.25, 0.3) is 0 Å². The van der Waals surface area contributed by atoms with Crippen LogP contribution in [0.25, 0.3) is 0 Å². The van der Waals surface area contributed by atoms with E-state index in [0.717, 1.165) is 12.1 Å². The third kappa shape index (κ3) is 2.61. The summed E-state index contributed by atoms with van der Waals surface area (Å²) in [6.07, 6.45) is 3.83. The van der Waals surface area contributed by atoms with Crippen molar-refractivity contribution in [2.45, 2.75) is 45.2 Å². The van der Waals surface area contributed by atoms with Crippen molar-refractivity contribution in [2.75, 3.05) is 13.7 Å². The Labute approximate surface area is 109 Å². The van der Waals surface area contributed by atoms with Crippen LogP contribution < -0.4 is 4.74 Å². The fourth-order valence-electron chi connectivity index (χ4n) is 2.88. The summed E-state index contributed by atoms with van der Waals surface area (Å²) in [4.78, 5) is 2.48. The van der Waals surface area contributed by atoms with E-state index in [1.807, 2.05) is 12.1 Å². The first kappa shape index (κ1) is 13.2. The van der Waals surface area contributed by atoms with Crippen molar-refractivity contribution < 1.29 is 9.84 Å². The van der Waals surface area contributed by atoms with Crippen LogP contribution in [-0.2, 0) is 0 Å². The van der Waals surface area contributed by atoms with E-state index in [2.05, 4.69) is 18.7 Å². The second-order valence-corrected chi connectivity index (χ2v) is 5.18. The van der Waals surface area contributed by atoms with Crippen molar-refractivity contribution >= 4 is 0 Å². The van der Waals surface area contributed by atoms with Gasteiger partial charge in [0.1, 0.15) is 11.5 Å². The molecule has 2 rings (SSSR count). The topological polar surface area (TPSA) is 32.7 Å². The molecule has 1 N–H and O–H groups in total. The lowest BCUT2D eigenvalue weighted by molar-refractivity contribution is 0.113. The van der Waals surface area contributed by atoms with Crippen LogP contribution in [0, 0.1) is 0 Å². The minimum Gasteiger partial charge on any atom is -0.507 e. The second kappa shape index (κ2) is 5.61. The zero-order valence-electron chi connectivity index (χ0n) is 11.5. The molecule has 1 aromatic rings. The van der Waals surface area contributed by atoms with Gasteiger partial charge in [-0.15, -0.1) is 0 Å². The SMILES string of the molecule is COc1ccc(C(C)N2CCCCC2C)c(O)c1. The molecule has 1 aliphatic heterocycles. The Morgan fingerprint density at radius 1 is 1.39 bits per heavy atom. The Kier molecular flexibility index (Phi) is 4.12. The standard InChI is InChI=1S/C15H23NO2/c1-11-6-4-5-9-16(11)12(2)14-8-7-13(18-3)10-15(14)17/h7-8,10-12,17H,4-6,9H2,1-3H3. The van der Waals surface area contributed by atoms with E-state index in [-0.39, 0.29) is 6.04 Å². The molecule has 0 aliphatic carbocycles. The van der Waals surface area contributed by atoms with Crippen molar-refractivity contribution in [3.8, 4) is 11.5 Å². The molecular formula is C15H23NO2. The van der Waals surface area contributed by atoms with Gasteiger partial charge in [-0.1, -0.05) is 12.5 Å². The molecule has 0 radical (unpaired) electrons. The smallest absolute Gasteiger partial charge is 0.124 e. The predicted molar refractivity (Wildman–Crippen MR) is 73.1 cm³/mol. The van der Waals surface area contributed by atoms with Gasteiger partial charge in [-0.25, -0.2) is 0 Å². The van der Waals surface area contributed by atoms with Gasteiger partial charge in [0.15, 0.2) is 0 Å². The lowest BCUT2D eigenvalue weighted by atomic mass is 9.97. The van der Waals surface area contributed by atoms with Gasteiger partial charge in [0.2, 0.25) is 0 Å². The second-order valence-electron chi connectivity index (χ2n) is 5.18. The highest BCUT2D eigenvalue weighted by Crippen LogP contribution is 2.34. The summed E-state index contributed by atoms with van der Waals surface area (Å²) in [6, 6.07) is 6.43. The molecule has 100 valence electrons. The summed E-state index contributed by atoms with van der Waals surface area (Å²) in [5.41, 5.74) is 0.990. The van der Waals surface area contributed by atoms with Crippen LogP contribution in [0.3, 0.4) is 0 Å². The monoisotopic (exact) mass is 249 g/mol. The molecule has 0 spiro atoms. The Hall–Kier alpha value is -1.22. The van der Waals surface area contributed by atoms with E-state index >= 15 is 0 Å². The van der Waals surface area contributed by atoms with Crippen LogP contribution in [0.2, 0.25) is 0 Å². The first-order valence-corrected chi connectivity index (χ1v) is 6.76. The summed E-state index contributed by atoms with van der Waals surface area (Å²) in [6.45, 7) is 5.56. The Morgan fingerprint density at radius 2 is 2.17 bits per heavy atom. The van der Waals surface area contributed by atoms with Gasteiger partial charge in [0.05, 0.1) is 7.11 Å². The number of methoxy groups -OCH3 is 1. The third-order valence-corrected chi connectivity index (χ3v) is 4.04. The van der Waals surface area contributed by atoms with E-state index < -0.39 is 0 Å². The molecule has 0 saturated carbocycles. The largest absolute Gasteiger partial charge is 0.507 e. The van der Waals surface area contributed by atoms with Crippen molar-refractivity contribution in [3.63, 3.8) is 0 Å². The maximum absolute atomic E-state index is 10.1. The number of hydrogen-bond donors (Lipinski definition) is 1. The maximum Gasteiger partial charge on any atom is 0.124 e. The number of ether oxygens (including phenoxy) is 1. The molecule has 3 nitrogen and oxygen atoms in total. The zero-order valence-corrected chi connectivity index (χ0v) is 11.5. The molecular weight excluding hydrogens is 226 g/mol. The highest BCUT2D eigenvalue weighted by atomic mass is 16.5. The normalized spacial score (nSPS) is 22.7. The number of phenols is 1. The lowest BCUT2D eigenvalue weighted by Crippen LogP contribution is -2.39. The van der Waals surface area contributed by atoms with Crippen LogP contribution in [-0.4, -0.2) is 29.7 Å². The minimum absolute atomic E-state index is 0.256. The van der Waals surface area contributed by atoms with Gasteiger partial charge < -0.3 is 9.84 Å². The summed E-state index contributed by atoms with van der Waals surface area (Å²) in [5.74, 6) is 1.04. The molecule has 2 atom stereocenters. The molecule has 1 aromatic carbocycles. The molecule has 0 amide bonds. The number of benzene rings is 1. The van der Waals surface area contributed by atoms with Gasteiger partial charge >= 0.3 is 0 Å². The van der Waals surface area contributed by atoms with Gasteiger partial charge in [-0.2, -0.15) is 0 Å². The maximum atomic E-state index is 10.1. The first-order valence-electron chi connectivity index (χ1n) is 6.76. The Balaban J connectivity index is 2.19. The number of nitrogens with zero attached hydrogens (tertiary/aromatic N) is 1. The zero-order chi connectivity index (χ0) is 13.1. The molecule has 18 heavy (non-hydrogen) atoms. The number of rotatable bonds is 3. The quantitative estimate of drug-likeness (QED) is 0.891. The van der Waals surface area contributed by atoms with Crippen molar-refractivity contribution in [3.05, 3.63) is 23.8 Å². The fraction of sp³-hybridized carbons (Fsp3) is 0.600. The molecule has 1 heterocycles. The molecule has 0 bridgehead atoms. The molecule has 1 fully saturated rings. The first-order chi connectivity index (χ1) is 8.63. The molecule has 1 saturated heterocycles. The molecule has 0 aromatic heterocycles. The minimum atomic E-state index is 0.256. The van der Waals surface area contributed by atoms with Crippen LogP contribution in [0.15, 0.2) is 18.2 Å². The van der Waals surface area contributed by atoms with Crippen molar-refractivity contribution in [2.24, 2.45) is 0 Å². The molecule has 3 heteroatoms. The molecule has 1 aliphatic rings. The average Bonchev–Trinajstić information content (AvgIpc) is 2.38. The van der Waals surface area contributed by atoms with Crippen LogP contribution >= 0.6 is 0 Å². The predicted octanol–water partition coefficient (Wildman–Crippen LogP) is 3.34. The van der Waals surface area contributed by atoms with E-state index in [1.54, 1.807) is 13.2 Å². The van der Waals surface area contributed by atoms with Crippen LogP contribution in [0.4, 0.5) is 0 Å². The van der Waals surface area contributed by atoms with E-state index in [0.29, 0.717) is 17.5 Å². The highest BCUT2D eigenvalue weighted by Gasteiger charge is 2.25. The van der Waals surface area contributed by atoms with Gasteiger partial charge in [0, 0.05) is 23.7 Å².